The van der Waals surface area contributed by atoms with E-state index in [-0.39, 0.29) is 5.97 Å². The minimum atomic E-state index is -0.197. The molecule has 0 saturated carbocycles. The number of rotatable bonds is 8. The van der Waals surface area contributed by atoms with Crippen LogP contribution in [-0.2, 0) is 11.2 Å². The highest BCUT2D eigenvalue weighted by molar-refractivity contribution is 7.21. The van der Waals surface area contributed by atoms with Gasteiger partial charge in [-0.05, 0) is 29.9 Å². The van der Waals surface area contributed by atoms with Gasteiger partial charge in [-0.1, -0.05) is 57.2 Å². The minimum absolute atomic E-state index is 0.197. The number of ether oxygens (including phenoxy) is 1. The second kappa shape index (κ2) is 8.18. The summed E-state index contributed by atoms with van der Waals surface area (Å²) >= 11 is 1.55. The number of esters is 1. The summed E-state index contributed by atoms with van der Waals surface area (Å²) < 4.78 is 6.12. The smallest absolute Gasteiger partial charge is 0.348 e. The van der Waals surface area contributed by atoms with Crippen molar-refractivity contribution in [2.45, 2.75) is 51.9 Å². The molecule has 2 nitrogen and oxygen atoms in total. The zero-order chi connectivity index (χ0) is 15.1. The van der Waals surface area contributed by atoms with E-state index < -0.39 is 0 Å². The number of thiophene rings is 1. The van der Waals surface area contributed by atoms with Gasteiger partial charge >= 0.3 is 5.97 Å². The number of hydrogen-bond acceptors (Lipinski definition) is 3. The Morgan fingerprint density at radius 2 is 1.81 bits per heavy atom. The Bertz CT molecular complexity index is 586. The van der Waals surface area contributed by atoms with Crippen molar-refractivity contribution >= 4 is 27.4 Å². The number of methoxy groups -OCH3 is 1. The lowest BCUT2D eigenvalue weighted by molar-refractivity contribution is 0.0605. The first-order valence-corrected chi connectivity index (χ1v) is 8.68. The van der Waals surface area contributed by atoms with Gasteiger partial charge in [0.1, 0.15) is 4.88 Å². The molecular weight excluding hydrogens is 280 g/mol. The van der Waals surface area contributed by atoms with Crippen LogP contribution in [0.15, 0.2) is 24.3 Å². The van der Waals surface area contributed by atoms with Crippen molar-refractivity contribution in [3.63, 3.8) is 0 Å². The van der Waals surface area contributed by atoms with Gasteiger partial charge in [-0.2, -0.15) is 0 Å². The van der Waals surface area contributed by atoms with Crippen LogP contribution in [0.3, 0.4) is 0 Å². The molecule has 0 N–H and O–H groups in total. The van der Waals surface area contributed by atoms with Crippen molar-refractivity contribution in [2.24, 2.45) is 0 Å². The summed E-state index contributed by atoms with van der Waals surface area (Å²) in [7, 11) is 1.46. The van der Waals surface area contributed by atoms with Crippen molar-refractivity contribution < 1.29 is 9.53 Å². The fourth-order valence-corrected chi connectivity index (χ4v) is 3.86. The van der Waals surface area contributed by atoms with Crippen LogP contribution >= 0.6 is 11.3 Å². The Balaban J connectivity index is 2.07. The summed E-state index contributed by atoms with van der Waals surface area (Å²) in [5.41, 5.74) is 1.18. The van der Waals surface area contributed by atoms with E-state index in [0.717, 1.165) is 17.7 Å². The van der Waals surface area contributed by atoms with Crippen LogP contribution in [0.4, 0.5) is 0 Å². The highest BCUT2D eigenvalue weighted by Crippen LogP contribution is 2.33. The lowest BCUT2D eigenvalue weighted by atomic mass is 10.0. The molecule has 0 bridgehead atoms. The van der Waals surface area contributed by atoms with Crippen LogP contribution in [0.2, 0.25) is 0 Å². The molecule has 0 unspecified atom stereocenters. The fourth-order valence-electron chi connectivity index (χ4n) is 2.69. The summed E-state index contributed by atoms with van der Waals surface area (Å²) in [6, 6.07) is 8.26. The largest absolute Gasteiger partial charge is 0.465 e. The van der Waals surface area contributed by atoms with Gasteiger partial charge in [-0.3, -0.25) is 0 Å². The van der Waals surface area contributed by atoms with Gasteiger partial charge in [0, 0.05) is 4.70 Å². The predicted molar refractivity (Wildman–Crippen MR) is 90.2 cm³/mol. The van der Waals surface area contributed by atoms with Gasteiger partial charge < -0.3 is 4.74 Å². The maximum atomic E-state index is 12.0. The molecule has 0 fully saturated rings. The fraction of sp³-hybridized carbons (Fsp3) is 0.500. The Morgan fingerprint density at radius 1 is 1.10 bits per heavy atom. The molecule has 1 heterocycles. The van der Waals surface area contributed by atoms with Crippen molar-refractivity contribution in [3.8, 4) is 0 Å². The van der Waals surface area contributed by atoms with Gasteiger partial charge in [0.15, 0.2) is 0 Å². The van der Waals surface area contributed by atoms with Crippen molar-refractivity contribution in [1.29, 1.82) is 0 Å². The molecular formula is C18H24O2S. The van der Waals surface area contributed by atoms with Crippen molar-refractivity contribution in [3.05, 3.63) is 34.7 Å². The van der Waals surface area contributed by atoms with Gasteiger partial charge in [-0.15, -0.1) is 11.3 Å². The summed E-state index contributed by atoms with van der Waals surface area (Å²) in [4.78, 5) is 12.8. The number of unbranched alkanes of at least 4 members (excludes halogenated alkanes) is 5. The maximum Gasteiger partial charge on any atom is 0.348 e. The van der Waals surface area contributed by atoms with Crippen LogP contribution in [0.1, 0.15) is 60.7 Å². The summed E-state index contributed by atoms with van der Waals surface area (Å²) in [6.07, 6.45) is 8.59. The minimum Gasteiger partial charge on any atom is -0.465 e. The number of benzene rings is 1. The van der Waals surface area contributed by atoms with Crippen LogP contribution in [-0.4, -0.2) is 13.1 Å². The van der Waals surface area contributed by atoms with Crippen LogP contribution in [0.5, 0.6) is 0 Å². The zero-order valence-electron chi connectivity index (χ0n) is 13.0. The van der Waals surface area contributed by atoms with E-state index in [9.17, 15) is 4.79 Å². The molecule has 1 aromatic heterocycles. The lowest BCUT2D eigenvalue weighted by Crippen LogP contribution is -2.02. The van der Waals surface area contributed by atoms with Gasteiger partial charge in [-0.25, -0.2) is 4.79 Å². The second-order valence-corrected chi connectivity index (χ2v) is 6.47. The van der Waals surface area contributed by atoms with Crippen LogP contribution in [0.25, 0.3) is 10.1 Å². The molecule has 114 valence electrons. The average molecular weight is 304 g/mol. The maximum absolute atomic E-state index is 12.0. The molecule has 0 aliphatic heterocycles. The molecule has 21 heavy (non-hydrogen) atoms. The van der Waals surface area contributed by atoms with Crippen LogP contribution in [0, 0.1) is 0 Å². The Hall–Kier alpha value is -1.35. The van der Waals surface area contributed by atoms with Crippen molar-refractivity contribution in [2.75, 3.05) is 7.11 Å². The zero-order valence-corrected chi connectivity index (χ0v) is 13.8. The summed E-state index contributed by atoms with van der Waals surface area (Å²) in [5.74, 6) is -0.197. The highest BCUT2D eigenvalue weighted by Gasteiger charge is 2.18. The van der Waals surface area contributed by atoms with Gasteiger partial charge in [0.2, 0.25) is 0 Å². The van der Waals surface area contributed by atoms with E-state index in [1.54, 1.807) is 11.3 Å². The normalized spacial score (nSPS) is 11.0. The lowest BCUT2D eigenvalue weighted by Gasteiger charge is -2.04. The number of fused-ring (bicyclic) bond motifs is 1. The Labute approximate surface area is 131 Å². The molecule has 0 aliphatic rings. The molecule has 1 aromatic carbocycles. The van der Waals surface area contributed by atoms with E-state index in [1.807, 2.05) is 12.1 Å². The van der Waals surface area contributed by atoms with E-state index >= 15 is 0 Å². The first kappa shape index (κ1) is 16.0. The molecule has 0 aliphatic carbocycles. The number of carbonyl (C=O) groups excluding carboxylic acids is 1. The summed E-state index contributed by atoms with van der Waals surface area (Å²) in [5, 5.41) is 1.22. The monoisotopic (exact) mass is 304 g/mol. The van der Waals surface area contributed by atoms with E-state index in [4.69, 9.17) is 4.74 Å². The predicted octanol–water partition coefficient (Wildman–Crippen LogP) is 5.59. The molecule has 0 saturated heterocycles. The molecule has 3 heteroatoms. The third-order valence-corrected chi connectivity index (χ3v) is 5.04. The second-order valence-electron chi connectivity index (χ2n) is 5.42. The third-order valence-electron chi connectivity index (χ3n) is 3.85. The summed E-state index contributed by atoms with van der Waals surface area (Å²) in [6.45, 7) is 2.24. The molecule has 0 atom stereocenters. The average Bonchev–Trinajstić information content (AvgIpc) is 2.89. The standard InChI is InChI=1S/C18H24O2S/c1-3-4-5-6-7-8-12-15-14-11-9-10-13-16(14)21-17(15)18(19)20-2/h9-11,13H,3-8,12H2,1-2H3. The SMILES string of the molecule is CCCCCCCCc1c(C(=O)OC)sc2ccccc12. The molecule has 0 spiro atoms. The molecule has 0 amide bonds. The van der Waals surface area contributed by atoms with Gasteiger partial charge in [0.25, 0.3) is 0 Å². The first-order valence-electron chi connectivity index (χ1n) is 7.86. The number of aryl methyl sites for hydroxylation is 1. The Morgan fingerprint density at radius 3 is 2.57 bits per heavy atom. The van der Waals surface area contributed by atoms with E-state index in [0.29, 0.717) is 0 Å². The van der Waals surface area contributed by atoms with Gasteiger partial charge in [0.05, 0.1) is 7.11 Å². The Kier molecular flexibility index (Phi) is 6.24. The molecule has 2 rings (SSSR count). The van der Waals surface area contributed by atoms with E-state index in [1.165, 1.54) is 54.9 Å². The van der Waals surface area contributed by atoms with Crippen molar-refractivity contribution in [1.82, 2.24) is 0 Å². The molecule has 0 radical (unpaired) electrons. The van der Waals surface area contributed by atoms with Crippen LogP contribution < -0.4 is 0 Å². The number of hydrogen-bond donors (Lipinski definition) is 0. The topological polar surface area (TPSA) is 26.3 Å². The number of carbonyl (C=O) groups is 1. The quantitative estimate of drug-likeness (QED) is 0.469. The highest BCUT2D eigenvalue weighted by atomic mass is 32.1. The third kappa shape index (κ3) is 4.07. The van der Waals surface area contributed by atoms with E-state index in [2.05, 4.69) is 19.1 Å². The molecule has 2 aromatic rings. The first-order chi connectivity index (χ1) is 10.3.